The molecule has 1 aromatic rings. The molecule has 5 N–H and O–H groups in total. The predicted octanol–water partition coefficient (Wildman–Crippen LogP) is 0.285. The van der Waals surface area contributed by atoms with Crippen LogP contribution in [0.25, 0.3) is 0 Å². The first kappa shape index (κ1) is 16.2. The van der Waals surface area contributed by atoms with Gasteiger partial charge in [-0.25, -0.2) is 22.7 Å². The van der Waals surface area contributed by atoms with Crippen LogP contribution in [0.15, 0.2) is 12.1 Å². The number of hydrogen-bond donors (Lipinski definition) is 3. The Morgan fingerprint density at radius 2 is 2.10 bits per heavy atom. The van der Waals surface area contributed by atoms with Gasteiger partial charge >= 0.3 is 5.97 Å². The van der Waals surface area contributed by atoms with Crippen molar-refractivity contribution >= 4 is 27.4 Å². The number of sulfonamides is 1. The van der Waals surface area contributed by atoms with E-state index in [0.29, 0.717) is 0 Å². The summed E-state index contributed by atoms with van der Waals surface area (Å²) in [5, 5.41) is 7.51. The van der Waals surface area contributed by atoms with Crippen LogP contribution in [0.1, 0.15) is 16.8 Å². The summed E-state index contributed by atoms with van der Waals surface area (Å²) in [5.74, 6) is -1.55. The molecule has 0 saturated heterocycles. The van der Waals surface area contributed by atoms with Gasteiger partial charge in [0.1, 0.15) is 5.82 Å². The molecule has 0 amide bonds. The van der Waals surface area contributed by atoms with Gasteiger partial charge in [-0.3, -0.25) is 0 Å². The standard InChI is InChI=1S/C11H16FN3O4S/c1-19-11(16)7-5-10(8(12)6-9(7)13)15-3-2-4-20(14,17)18/h5-6,15H,2-4,13H2,1H3,(H2,14,17,18). The van der Waals surface area contributed by atoms with Gasteiger partial charge in [0.05, 0.1) is 24.1 Å². The van der Waals surface area contributed by atoms with Crippen molar-refractivity contribution in [2.24, 2.45) is 5.14 Å². The summed E-state index contributed by atoms with van der Waals surface area (Å²) < 4.78 is 39.6. The minimum absolute atomic E-state index is 0.0304. The third-order valence-electron chi connectivity index (χ3n) is 2.47. The number of esters is 1. The fourth-order valence-corrected chi connectivity index (χ4v) is 2.05. The first-order valence-electron chi connectivity index (χ1n) is 5.66. The Morgan fingerprint density at radius 1 is 1.45 bits per heavy atom. The Bertz CT molecular complexity index is 604. The van der Waals surface area contributed by atoms with Crippen molar-refractivity contribution in [2.75, 3.05) is 30.5 Å². The Morgan fingerprint density at radius 3 is 2.65 bits per heavy atom. The number of anilines is 2. The van der Waals surface area contributed by atoms with Crippen molar-refractivity contribution in [1.82, 2.24) is 0 Å². The molecule has 0 aliphatic carbocycles. The zero-order chi connectivity index (χ0) is 15.3. The van der Waals surface area contributed by atoms with Crippen LogP contribution in [0.5, 0.6) is 0 Å². The van der Waals surface area contributed by atoms with Gasteiger partial charge < -0.3 is 15.8 Å². The number of carbonyl (C=O) groups is 1. The number of hydrogen-bond acceptors (Lipinski definition) is 6. The fourth-order valence-electron chi connectivity index (χ4n) is 1.51. The molecule has 0 heterocycles. The van der Waals surface area contributed by atoms with Crippen LogP contribution in [0, 0.1) is 5.82 Å². The maximum Gasteiger partial charge on any atom is 0.340 e. The number of nitrogens with two attached hydrogens (primary N) is 2. The highest BCUT2D eigenvalue weighted by atomic mass is 32.2. The smallest absolute Gasteiger partial charge is 0.340 e. The van der Waals surface area contributed by atoms with Crippen molar-refractivity contribution < 1.29 is 22.3 Å². The van der Waals surface area contributed by atoms with Gasteiger partial charge in [-0.2, -0.15) is 0 Å². The molecular weight excluding hydrogens is 289 g/mol. The zero-order valence-electron chi connectivity index (χ0n) is 10.8. The third-order valence-corrected chi connectivity index (χ3v) is 3.32. The highest BCUT2D eigenvalue weighted by molar-refractivity contribution is 7.89. The second-order valence-electron chi connectivity index (χ2n) is 4.06. The van der Waals surface area contributed by atoms with Gasteiger partial charge in [0.25, 0.3) is 0 Å². The van der Waals surface area contributed by atoms with E-state index in [1.807, 2.05) is 0 Å². The maximum atomic E-state index is 13.6. The van der Waals surface area contributed by atoms with Gasteiger partial charge in [0.15, 0.2) is 0 Å². The lowest BCUT2D eigenvalue weighted by Crippen LogP contribution is -2.19. The number of nitrogen functional groups attached to an aromatic ring is 1. The molecule has 0 unspecified atom stereocenters. The van der Waals surface area contributed by atoms with Gasteiger partial charge in [0, 0.05) is 12.2 Å². The summed E-state index contributed by atoms with van der Waals surface area (Å²) in [6.45, 7) is 0.178. The van der Waals surface area contributed by atoms with E-state index in [9.17, 15) is 17.6 Å². The highest BCUT2D eigenvalue weighted by Gasteiger charge is 2.14. The van der Waals surface area contributed by atoms with Crippen LogP contribution in [0.2, 0.25) is 0 Å². The van der Waals surface area contributed by atoms with Crippen molar-refractivity contribution in [3.63, 3.8) is 0 Å². The van der Waals surface area contributed by atoms with E-state index in [2.05, 4.69) is 10.1 Å². The minimum Gasteiger partial charge on any atom is -0.465 e. The van der Waals surface area contributed by atoms with Crippen molar-refractivity contribution in [3.05, 3.63) is 23.5 Å². The Hall–Kier alpha value is -1.87. The summed E-state index contributed by atoms with van der Waals surface area (Å²) in [7, 11) is -2.36. The maximum absolute atomic E-state index is 13.6. The Balaban J connectivity index is 2.77. The molecule has 0 aliphatic heterocycles. The van der Waals surface area contributed by atoms with Crippen molar-refractivity contribution in [3.8, 4) is 0 Å². The molecule has 0 fully saturated rings. The molecule has 20 heavy (non-hydrogen) atoms. The molecule has 0 aromatic heterocycles. The van der Waals surface area contributed by atoms with Crippen LogP contribution < -0.4 is 16.2 Å². The monoisotopic (exact) mass is 305 g/mol. The van der Waals surface area contributed by atoms with E-state index in [4.69, 9.17) is 10.9 Å². The van der Waals surface area contributed by atoms with Gasteiger partial charge in [-0.1, -0.05) is 0 Å². The summed E-state index contributed by atoms with van der Waals surface area (Å²) in [4.78, 5) is 11.4. The number of rotatable bonds is 6. The molecule has 0 radical (unpaired) electrons. The van der Waals surface area contributed by atoms with Crippen LogP contribution in [-0.4, -0.2) is 33.8 Å². The molecule has 1 rings (SSSR count). The number of ether oxygens (including phenoxy) is 1. The first-order valence-corrected chi connectivity index (χ1v) is 7.38. The van der Waals surface area contributed by atoms with Gasteiger partial charge in [-0.05, 0) is 18.6 Å². The van der Waals surface area contributed by atoms with E-state index in [1.54, 1.807) is 0 Å². The number of carbonyl (C=O) groups excluding carboxylic acids is 1. The number of primary sulfonamides is 1. The van der Waals surface area contributed by atoms with Crippen molar-refractivity contribution in [2.45, 2.75) is 6.42 Å². The van der Waals surface area contributed by atoms with Crippen LogP contribution >= 0.6 is 0 Å². The largest absolute Gasteiger partial charge is 0.465 e. The summed E-state index contributed by atoms with van der Waals surface area (Å²) in [6.07, 6.45) is 0.205. The molecule has 0 atom stereocenters. The van der Waals surface area contributed by atoms with E-state index < -0.39 is 21.8 Å². The van der Waals surface area contributed by atoms with E-state index >= 15 is 0 Å². The molecule has 0 spiro atoms. The SMILES string of the molecule is COC(=O)c1cc(NCCCS(N)(=O)=O)c(F)cc1N. The van der Waals surface area contributed by atoms with Gasteiger partial charge in [0.2, 0.25) is 10.0 Å². The Kier molecular flexibility index (Phi) is 5.28. The number of methoxy groups -OCH3 is 1. The topological polar surface area (TPSA) is 125 Å². The second-order valence-corrected chi connectivity index (χ2v) is 5.79. The number of benzene rings is 1. The average molecular weight is 305 g/mol. The molecule has 0 saturated carbocycles. The number of nitrogens with one attached hydrogen (secondary N) is 1. The van der Waals surface area contributed by atoms with Gasteiger partial charge in [-0.15, -0.1) is 0 Å². The summed E-state index contributed by atoms with van der Waals surface area (Å²) in [6, 6.07) is 2.21. The Labute approximate surface area is 116 Å². The first-order chi connectivity index (χ1) is 9.24. The normalized spacial score (nSPS) is 11.2. The zero-order valence-corrected chi connectivity index (χ0v) is 11.7. The number of halogens is 1. The molecule has 0 aliphatic rings. The molecule has 7 nitrogen and oxygen atoms in total. The molecule has 0 bridgehead atoms. The van der Waals surface area contributed by atoms with Crippen LogP contribution in [0.3, 0.4) is 0 Å². The fraction of sp³-hybridized carbons (Fsp3) is 0.364. The lowest BCUT2D eigenvalue weighted by Gasteiger charge is -2.10. The van der Waals surface area contributed by atoms with Crippen molar-refractivity contribution in [1.29, 1.82) is 0 Å². The van der Waals surface area contributed by atoms with Crippen LogP contribution in [0.4, 0.5) is 15.8 Å². The lowest BCUT2D eigenvalue weighted by atomic mass is 10.1. The quantitative estimate of drug-likeness (QED) is 0.394. The minimum atomic E-state index is -3.55. The van der Waals surface area contributed by atoms with E-state index in [-0.39, 0.29) is 35.7 Å². The van der Waals surface area contributed by atoms with E-state index in [1.165, 1.54) is 13.2 Å². The van der Waals surface area contributed by atoms with E-state index in [0.717, 1.165) is 6.07 Å². The lowest BCUT2D eigenvalue weighted by molar-refractivity contribution is 0.0602. The molecule has 112 valence electrons. The molecular formula is C11H16FN3O4S. The molecule has 1 aromatic carbocycles. The second kappa shape index (κ2) is 6.53. The average Bonchev–Trinajstić information content (AvgIpc) is 2.34. The van der Waals surface area contributed by atoms with Crippen LogP contribution in [-0.2, 0) is 14.8 Å². The predicted molar refractivity (Wildman–Crippen MR) is 73.2 cm³/mol. The summed E-state index contributed by atoms with van der Waals surface area (Å²) >= 11 is 0. The third kappa shape index (κ3) is 4.67. The molecule has 9 heteroatoms. The summed E-state index contributed by atoms with van der Waals surface area (Å²) in [5.41, 5.74) is 5.54. The highest BCUT2D eigenvalue weighted by Crippen LogP contribution is 2.22.